The lowest BCUT2D eigenvalue weighted by Gasteiger charge is -2.09. The Hall–Kier alpha value is -1.10. The monoisotopic (exact) mass is 362 g/mol. The van der Waals surface area contributed by atoms with Crippen LogP contribution in [-0.4, -0.2) is 10.6 Å². The van der Waals surface area contributed by atoms with E-state index in [-0.39, 0.29) is 0 Å². The Bertz CT molecular complexity index is 742. The zero-order valence-electron chi connectivity index (χ0n) is 12.3. The highest BCUT2D eigenvalue weighted by molar-refractivity contribution is 9.10. The normalized spacial score (nSPS) is 11.6. The standard InChI is InChI=1S/C17H19BrN2S/c1-12(2)19-10-13-3-4-16-14(9-13)5-7-20(16)11-17-15(18)6-8-21-17/h3-9,12,19H,10-11H2,1-2H3. The highest BCUT2D eigenvalue weighted by Gasteiger charge is 2.06. The maximum Gasteiger partial charge on any atom is 0.0580 e. The van der Waals surface area contributed by atoms with Gasteiger partial charge in [0, 0.05) is 33.7 Å². The van der Waals surface area contributed by atoms with E-state index in [1.165, 1.54) is 25.8 Å². The Labute approximate surface area is 137 Å². The summed E-state index contributed by atoms with van der Waals surface area (Å²) >= 11 is 5.40. The van der Waals surface area contributed by atoms with Gasteiger partial charge >= 0.3 is 0 Å². The molecule has 2 aromatic heterocycles. The minimum Gasteiger partial charge on any atom is -0.342 e. The van der Waals surface area contributed by atoms with Gasteiger partial charge in [-0.3, -0.25) is 0 Å². The van der Waals surface area contributed by atoms with Gasteiger partial charge in [-0.25, -0.2) is 0 Å². The molecule has 0 amide bonds. The van der Waals surface area contributed by atoms with Crippen molar-refractivity contribution in [2.24, 2.45) is 0 Å². The molecule has 0 fully saturated rings. The molecular weight excluding hydrogens is 344 g/mol. The van der Waals surface area contributed by atoms with Crippen LogP contribution in [0.1, 0.15) is 24.3 Å². The maximum absolute atomic E-state index is 3.61. The summed E-state index contributed by atoms with van der Waals surface area (Å²) in [6.07, 6.45) is 2.18. The molecule has 0 bridgehead atoms. The van der Waals surface area contributed by atoms with Crippen LogP contribution in [-0.2, 0) is 13.1 Å². The number of nitrogens with zero attached hydrogens (tertiary/aromatic N) is 1. The molecule has 0 unspecified atom stereocenters. The lowest BCUT2D eigenvalue weighted by Crippen LogP contribution is -2.21. The molecule has 0 saturated carbocycles. The minimum atomic E-state index is 0.515. The SMILES string of the molecule is CC(C)NCc1ccc2c(ccn2Cc2sccc2Br)c1. The van der Waals surface area contributed by atoms with Crippen molar-refractivity contribution in [1.82, 2.24) is 9.88 Å². The van der Waals surface area contributed by atoms with Gasteiger partial charge in [0.2, 0.25) is 0 Å². The Morgan fingerprint density at radius 3 is 2.81 bits per heavy atom. The Morgan fingerprint density at radius 1 is 1.24 bits per heavy atom. The number of fused-ring (bicyclic) bond motifs is 1. The van der Waals surface area contributed by atoms with Crippen LogP contribution in [0.15, 0.2) is 46.4 Å². The van der Waals surface area contributed by atoms with Crippen LogP contribution >= 0.6 is 27.3 Å². The van der Waals surface area contributed by atoms with Crippen LogP contribution in [0.3, 0.4) is 0 Å². The highest BCUT2D eigenvalue weighted by Crippen LogP contribution is 2.26. The summed E-state index contributed by atoms with van der Waals surface area (Å²) in [5, 5.41) is 6.90. The molecule has 4 heteroatoms. The Morgan fingerprint density at radius 2 is 2.10 bits per heavy atom. The fourth-order valence-electron chi connectivity index (χ4n) is 2.41. The zero-order chi connectivity index (χ0) is 14.8. The molecule has 0 spiro atoms. The fourth-order valence-corrected chi connectivity index (χ4v) is 3.89. The summed E-state index contributed by atoms with van der Waals surface area (Å²) in [7, 11) is 0. The summed E-state index contributed by atoms with van der Waals surface area (Å²) in [5.41, 5.74) is 2.63. The predicted molar refractivity (Wildman–Crippen MR) is 95.0 cm³/mol. The number of hydrogen-bond donors (Lipinski definition) is 1. The van der Waals surface area contributed by atoms with Gasteiger partial charge in [-0.2, -0.15) is 0 Å². The molecule has 1 N–H and O–H groups in total. The molecule has 3 rings (SSSR count). The van der Waals surface area contributed by atoms with Gasteiger partial charge in [-0.15, -0.1) is 11.3 Å². The Balaban J connectivity index is 1.84. The largest absolute Gasteiger partial charge is 0.342 e. The van der Waals surface area contributed by atoms with E-state index in [4.69, 9.17) is 0 Å². The number of halogens is 1. The number of benzene rings is 1. The summed E-state index contributed by atoms with van der Waals surface area (Å²) < 4.78 is 3.51. The molecule has 0 aliphatic rings. The summed E-state index contributed by atoms with van der Waals surface area (Å²) in [6.45, 7) is 6.20. The molecule has 0 atom stereocenters. The van der Waals surface area contributed by atoms with Crippen molar-refractivity contribution in [3.8, 4) is 0 Å². The predicted octanol–water partition coefficient (Wildman–Crippen LogP) is 5.01. The summed E-state index contributed by atoms with van der Waals surface area (Å²) in [5.74, 6) is 0. The van der Waals surface area contributed by atoms with Gasteiger partial charge in [0.15, 0.2) is 0 Å². The first-order chi connectivity index (χ1) is 10.1. The molecule has 0 radical (unpaired) electrons. The van der Waals surface area contributed by atoms with Crippen LogP contribution in [0.25, 0.3) is 10.9 Å². The van der Waals surface area contributed by atoms with E-state index in [0.717, 1.165) is 13.1 Å². The van der Waals surface area contributed by atoms with Crippen LogP contribution in [0.5, 0.6) is 0 Å². The molecule has 110 valence electrons. The van der Waals surface area contributed by atoms with Crippen molar-refractivity contribution in [1.29, 1.82) is 0 Å². The smallest absolute Gasteiger partial charge is 0.0580 e. The number of nitrogens with one attached hydrogen (secondary N) is 1. The van der Waals surface area contributed by atoms with Crippen molar-refractivity contribution in [2.45, 2.75) is 33.0 Å². The van der Waals surface area contributed by atoms with E-state index in [0.29, 0.717) is 6.04 Å². The third kappa shape index (κ3) is 3.39. The van der Waals surface area contributed by atoms with Crippen LogP contribution in [0.2, 0.25) is 0 Å². The fraction of sp³-hybridized carbons (Fsp3) is 0.294. The number of rotatable bonds is 5. The van der Waals surface area contributed by atoms with Crippen LogP contribution in [0, 0.1) is 0 Å². The molecule has 0 aliphatic carbocycles. The van der Waals surface area contributed by atoms with Crippen molar-refractivity contribution in [2.75, 3.05) is 0 Å². The second-order valence-corrected chi connectivity index (χ2v) is 7.42. The van der Waals surface area contributed by atoms with Gasteiger partial charge in [0.05, 0.1) is 6.54 Å². The first-order valence-corrected chi connectivity index (χ1v) is 8.84. The molecule has 1 aromatic carbocycles. The van der Waals surface area contributed by atoms with E-state index in [9.17, 15) is 0 Å². The lowest BCUT2D eigenvalue weighted by molar-refractivity contribution is 0.589. The van der Waals surface area contributed by atoms with Gasteiger partial charge < -0.3 is 9.88 Å². The number of aromatic nitrogens is 1. The second-order valence-electron chi connectivity index (χ2n) is 5.56. The molecule has 2 nitrogen and oxygen atoms in total. The van der Waals surface area contributed by atoms with Crippen LogP contribution in [0.4, 0.5) is 0 Å². The first kappa shape index (κ1) is 14.8. The van der Waals surface area contributed by atoms with Crippen molar-refractivity contribution in [3.05, 3.63) is 56.8 Å². The zero-order valence-corrected chi connectivity index (χ0v) is 14.7. The molecule has 0 aliphatic heterocycles. The van der Waals surface area contributed by atoms with Crippen LogP contribution < -0.4 is 5.32 Å². The quantitative estimate of drug-likeness (QED) is 0.674. The van der Waals surface area contributed by atoms with Gasteiger partial charge in [0.25, 0.3) is 0 Å². The highest BCUT2D eigenvalue weighted by atomic mass is 79.9. The van der Waals surface area contributed by atoms with Gasteiger partial charge in [0.1, 0.15) is 0 Å². The number of thiophene rings is 1. The van der Waals surface area contributed by atoms with E-state index < -0.39 is 0 Å². The minimum absolute atomic E-state index is 0.515. The third-order valence-electron chi connectivity index (χ3n) is 3.55. The van der Waals surface area contributed by atoms with Crippen molar-refractivity contribution >= 4 is 38.2 Å². The topological polar surface area (TPSA) is 17.0 Å². The summed E-state index contributed by atoms with van der Waals surface area (Å²) in [4.78, 5) is 1.36. The van der Waals surface area contributed by atoms with E-state index >= 15 is 0 Å². The summed E-state index contributed by atoms with van der Waals surface area (Å²) in [6, 6.07) is 11.6. The number of hydrogen-bond acceptors (Lipinski definition) is 2. The molecule has 0 saturated heterocycles. The molecule has 21 heavy (non-hydrogen) atoms. The molecule has 2 heterocycles. The van der Waals surface area contributed by atoms with Gasteiger partial charge in [-0.05, 0) is 56.5 Å². The van der Waals surface area contributed by atoms with E-state index in [1.807, 2.05) is 0 Å². The average molecular weight is 363 g/mol. The third-order valence-corrected chi connectivity index (χ3v) is 5.47. The van der Waals surface area contributed by atoms with Crippen molar-refractivity contribution < 1.29 is 0 Å². The average Bonchev–Trinajstić information content (AvgIpc) is 3.04. The van der Waals surface area contributed by atoms with E-state index in [1.54, 1.807) is 11.3 Å². The second kappa shape index (κ2) is 6.34. The van der Waals surface area contributed by atoms with E-state index in [2.05, 4.69) is 81.6 Å². The maximum atomic E-state index is 3.61. The Kier molecular flexibility index (Phi) is 4.48. The van der Waals surface area contributed by atoms with Gasteiger partial charge in [-0.1, -0.05) is 19.9 Å². The molecule has 3 aromatic rings. The van der Waals surface area contributed by atoms with Crippen molar-refractivity contribution in [3.63, 3.8) is 0 Å². The first-order valence-electron chi connectivity index (χ1n) is 7.16. The molecular formula is C17H19BrN2S. The lowest BCUT2D eigenvalue weighted by atomic mass is 10.1.